The van der Waals surface area contributed by atoms with Gasteiger partial charge in [0.1, 0.15) is 6.10 Å². The SMILES string of the molecule is O=[N+]([O-])C[C@@H](O)c1ccsc1. The summed E-state index contributed by atoms with van der Waals surface area (Å²) in [5.74, 6) is 0. The van der Waals surface area contributed by atoms with Crippen LogP contribution in [0.4, 0.5) is 0 Å². The number of nitro groups is 1. The van der Waals surface area contributed by atoms with Crippen LogP contribution < -0.4 is 0 Å². The lowest BCUT2D eigenvalue weighted by molar-refractivity contribution is -0.491. The fourth-order valence-electron chi connectivity index (χ4n) is 0.711. The van der Waals surface area contributed by atoms with Crippen molar-refractivity contribution in [1.82, 2.24) is 0 Å². The Kier molecular flexibility index (Phi) is 2.56. The molecule has 0 aliphatic carbocycles. The topological polar surface area (TPSA) is 63.4 Å². The van der Waals surface area contributed by atoms with Crippen molar-refractivity contribution in [1.29, 1.82) is 0 Å². The summed E-state index contributed by atoms with van der Waals surface area (Å²) in [5, 5.41) is 22.6. The predicted molar refractivity (Wildman–Crippen MR) is 41.1 cm³/mol. The van der Waals surface area contributed by atoms with Crippen LogP contribution in [0.3, 0.4) is 0 Å². The van der Waals surface area contributed by atoms with E-state index in [1.54, 1.807) is 16.8 Å². The molecule has 11 heavy (non-hydrogen) atoms. The third kappa shape index (κ3) is 2.28. The smallest absolute Gasteiger partial charge is 0.233 e. The van der Waals surface area contributed by atoms with Gasteiger partial charge in [0.05, 0.1) is 0 Å². The Morgan fingerprint density at radius 2 is 2.55 bits per heavy atom. The maximum Gasteiger partial charge on any atom is 0.233 e. The van der Waals surface area contributed by atoms with Crippen LogP contribution in [0.15, 0.2) is 16.8 Å². The Morgan fingerprint density at radius 1 is 1.82 bits per heavy atom. The van der Waals surface area contributed by atoms with Gasteiger partial charge >= 0.3 is 0 Å². The minimum absolute atomic E-state index is 0.420. The third-order valence-electron chi connectivity index (χ3n) is 1.25. The normalized spacial score (nSPS) is 12.8. The van der Waals surface area contributed by atoms with Crippen molar-refractivity contribution in [3.05, 3.63) is 32.5 Å². The number of nitrogens with zero attached hydrogens (tertiary/aromatic N) is 1. The summed E-state index contributed by atoms with van der Waals surface area (Å²) < 4.78 is 0. The summed E-state index contributed by atoms with van der Waals surface area (Å²) in [6.07, 6.45) is -0.962. The third-order valence-corrected chi connectivity index (χ3v) is 1.95. The summed E-state index contributed by atoms with van der Waals surface area (Å²) in [4.78, 5) is 9.43. The first-order valence-corrected chi connectivity index (χ1v) is 3.96. The molecule has 0 amide bonds. The van der Waals surface area contributed by atoms with Crippen molar-refractivity contribution in [3.8, 4) is 0 Å². The van der Waals surface area contributed by atoms with Gasteiger partial charge in [-0.05, 0) is 22.4 Å². The number of hydrogen-bond acceptors (Lipinski definition) is 4. The van der Waals surface area contributed by atoms with Gasteiger partial charge in [-0.1, -0.05) is 0 Å². The second-order valence-electron chi connectivity index (χ2n) is 2.09. The molecule has 1 aromatic heterocycles. The van der Waals surface area contributed by atoms with Crippen LogP contribution in [0, 0.1) is 10.1 Å². The van der Waals surface area contributed by atoms with Crippen LogP contribution in [0.1, 0.15) is 11.7 Å². The highest BCUT2D eigenvalue weighted by Gasteiger charge is 2.13. The monoisotopic (exact) mass is 173 g/mol. The maximum absolute atomic E-state index is 9.95. The van der Waals surface area contributed by atoms with E-state index in [0.29, 0.717) is 5.56 Å². The molecule has 1 N–H and O–H groups in total. The molecule has 5 heteroatoms. The molecule has 0 aliphatic heterocycles. The van der Waals surface area contributed by atoms with Crippen LogP contribution in [0.5, 0.6) is 0 Å². The lowest BCUT2D eigenvalue weighted by atomic mass is 10.2. The quantitative estimate of drug-likeness (QED) is 0.549. The van der Waals surface area contributed by atoms with E-state index in [0.717, 1.165) is 0 Å². The van der Waals surface area contributed by atoms with E-state index < -0.39 is 17.6 Å². The predicted octanol–water partition coefficient (Wildman–Crippen LogP) is 1.06. The van der Waals surface area contributed by atoms with Gasteiger partial charge < -0.3 is 5.11 Å². The van der Waals surface area contributed by atoms with E-state index in [1.807, 2.05) is 0 Å². The first-order chi connectivity index (χ1) is 5.20. The first-order valence-electron chi connectivity index (χ1n) is 3.02. The highest BCUT2D eigenvalue weighted by molar-refractivity contribution is 7.07. The molecule has 1 rings (SSSR count). The van der Waals surface area contributed by atoms with Gasteiger partial charge in [0.2, 0.25) is 6.54 Å². The molecule has 4 nitrogen and oxygen atoms in total. The van der Waals surface area contributed by atoms with E-state index in [9.17, 15) is 10.1 Å². The van der Waals surface area contributed by atoms with Crippen molar-refractivity contribution in [2.75, 3.05) is 6.54 Å². The number of aliphatic hydroxyl groups is 1. The molecule has 0 spiro atoms. The second-order valence-corrected chi connectivity index (χ2v) is 2.87. The van der Waals surface area contributed by atoms with Crippen molar-refractivity contribution in [2.24, 2.45) is 0 Å². The Balaban J connectivity index is 2.56. The second kappa shape index (κ2) is 3.45. The molecule has 0 fully saturated rings. The molecular weight excluding hydrogens is 166 g/mol. The standard InChI is InChI=1S/C6H7NO3S/c8-6(3-7(9)10)5-1-2-11-4-5/h1-2,4,6,8H,3H2/t6-/m1/s1. The van der Waals surface area contributed by atoms with Crippen LogP contribution in [0.2, 0.25) is 0 Å². The summed E-state index contributed by atoms with van der Waals surface area (Å²) in [6, 6.07) is 1.68. The van der Waals surface area contributed by atoms with Crippen LogP contribution >= 0.6 is 11.3 Å². The zero-order valence-corrected chi connectivity index (χ0v) is 6.45. The first kappa shape index (κ1) is 8.16. The molecule has 1 atom stereocenters. The van der Waals surface area contributed by atoms with Gasteiger partial charge in [-0.3, -0.25) is 10.1 Å². The van der Waals surface area contributed by atoms with Gasteiger partial charge in [-0.15, -0.1) is 0 Å². The number of thiophene rings is 1. The summed E-state index contributed by atoms with van der Waals surface area (Å²) in [6.45, 7) is -0.420. The average molecular weight is 173 g/mol. The Bertz CT molecular complexity index is 234. The Morgan fingerprint density at radius 3 is 3.00 bits per heavy atom. The van der Waals surface area contributed by atoms with Gasteiger partial charge in [0.25, 0.3) is 0 Å². The molecule has 0 radical (unpaired) electrons. The molecule has 0 saturated carbocycles. The van der Waals surface area contributed by atoms with E-state index in [4.69, 9.17) is 5.11 Å². The number of aliphatic hydroxyl groups excluding tert-OH is 1. The molecule has 0 aromatic carbocycles. The molecule has 1 heterocycles. The fourth-order valence-corrected chi connectivity index (χ4v) is 1.42. The van der Waals surface area contributed by atoms with Crippen LogP contribution in [-0.2, 0) is 0 Å². The molecule has 0 saturated heterocycles. The molecule has 60 valence electrons. The zero-order valence-electron chi connectivity index (χ0n) is 5.64. The van der Waals surface area contributed by atoms with Gasteiger partial charge in [-0.2, -0.15) is 11.3 Å². The van der Waals surface area contributed by atoms with E-state index in [1.165, 1.54) is 11.3 Å². The minimum Gasteiger partial charge on any atom is -0.381 e. The fraction of sp³-hybridized carbons (Fsp3) is 0.333. The van der Waals surface area contributed by atoms with Gasteiger partial charge in [-0.25, -0.2) is 0 Å². The molecule has 0 bridgehead atoms. The van der Waals surface area contributed by atoms with Crippen LogP contribution in [0.25, 0.3) is 0 Å². The lowest BCUT2D eigenvalue weighted by Gasteiger charge is -2.00. The zero-order chi connectivity index (χ0) is 8.27. The lowest BCUT2D eigenvalue weighted by Crippen LogP contribution is -2.10. The van der Waals surface area contributed by atoms with Crippen molar-refractivity contribution in [2.45, 2.75) is 6.10 Å². The van der Waals surface area contributed by atoms with Crippen molar-refractivity contribution >= 4 is 11.3 Å². The van der Waals surface area contributed by atoms with Crippen LogP contribution in [-0.4, -0.2) is 16.6 Å². The average Bonchev–Trinajstić information content (AvgIpc) is 2.35. The molecular formula is C6H7NO3S. The van der Waals surface area contributed by atoms with Crippen molar-refractivity contribution < 1.29 is 10.0 Å². The molecule has 0 aliphatic rings. The number of hydrogen-bond donors (Lipinski definition) is 1. The number of rotatable bonds is 3. The Hall–Kier alpha value is -0.940. The minimum atomic E-state index is -0.962. The van der Waals surface area contributed by atoms with E-state index >= 15 is 0 Å². The highest BCUT2D eigenvalue weighted by Crippen LogP contribution is 2.15. The molecule has 1 aromatic rings. The Labute approximate surface area is 67.2 Å². The van der Waals surface area contributed by atoms with Gasteiger partial charge in [0.15, 0.2) is 0 Å². The van der Waals surface area contributed by atoms with Crippen molar-refractivity contribution in [3.63, 3.8) is 0 Å². The summed E-state index contributed by atoms with van der Waals surface area (Å²) >= 11 is 1.41. The van der Waals surface area contributed by atoms with Gasteiger partial charge in [0, 0.05) is 4.92 Å². The largest absolute Gasteiger partial charge is 0.381 e. The summed E-state index contributed by atoms with van der Waals surface area (Å²) in [5.41, 5.74) is 0.617. The van der Waals surface area contributed by atoms with E-state index in [2.05, 4.69) is 0 Å². The maximum atomic E-state index is 9.95. The highest BCUT2D eigenvalue weighted by atomic mass is 32.1. The molecule has 0 unspecified atom stereocenters. The van der Waals surface area contributed by atoms with E-state index in [-0.39, 0.29) is 0 Å². The summed E-state index contributed by atoms with van der Waals surface area (Å²) in [7, 11) is 0.